The van der Waals surface area contributed by atoms with Crippen molar-refractivity contribution in [3.05, 3.63) is 246 Å². The smallest absolute Gasteiger partial charge is 0.132 e. The molecule has 2 aromatic heterocycles. The largest absolute Gasteiger partial charge is 0.366 e. The van der Waals surface area contributed by atoms with Crippen LogP contribution in [-0.4, -0.2) is 15.7 Å². The van der Waals surface area contributed by atoms with Crippen LogP contribution in [0.1, 0.15) is 62.7 Å². The average Bonchev–Trinajstić information content (AvgIpc) is 4.10. The zero-order valence-electron chi connectivity index (χ0n) is 39.8. The predicted molar refractivity (Wildman–Crippen MR) is 293 cm³/mol. The fourth-order valence-electron chi connectivity index (χ4n) is 10.6. The molecule has 1 atom stereocenters. The lowest BCUT2D eigenvalue weighted by molar-refractivity contribution is 0.642. The van der Waals surface area contributed by atoms with Crippen molar-refractivity contribution in [2.45, 2.75) is 46.7 Å². The van der Waals surface area contributed by atoms with Crippen molar-refractivity contribution < 1.29 is 0 Å². The number of allylic oxidation sites excluding steroid dienone is 2. The Morgan fingerprint density at radius 2 is 1.01 bits per heavy atom. The van der Waals surface area contributed by atoms with Crippen LogP contribution < -0.4 is 15.5 Å². The molecule has 0 amide bonds. The first-order valence-electron chi connectivity index (χ1n) is 24.7. The third kappa shape index (κ3) is 7.70. The van der Waals surface area contributed by atoms with Crippen molar-refractivity contribution in [1.29, 1.82) is 0 Å². The van der Waals surface area contributed by atoms with Gasteiger partial charge in [-0.05, 0) is 143 Å². The molecule has 2 aliphatic heterocycles. The summed E-state index contributed by atoms with van der Waals surface area (Å²) in [6.07, 6.45) is 8.89. The fraction of sp³-hybridized carbons (Fsp3) is 0.125. The zero-order valence-corrected chi connectivity index (χ0v) is 39.8. The van der Waals surface area contributed by atoms with Crippen molar-refractivity contribution in [1.82, 2.24) is 19.8 Å². The Balaban J connectivity index is 0.00000127. The molecule has 1 unspecified atom stereocenters. The number of hydrogen-bond acceptors (Lipinski definition) is 3. The second-order valence-corrected chi connectivity index (χ2v) is 17.4. The van der Waals surface area contributed by atoms with Gasteiger partial charge in [0.25, 0.3) is 0 Å². The number of para-hydroxylation sites is 4. The maximum atomic E-state index is 4.03. The average molecular weight is 896 g/mol. The van der Waals surface area contributed by atoms with E-state index < -0.39 is 0 Å². The topological polar surface area (TPSA) is 37.2 Å². The molecule has 2 N–H and O–H groups in total. The fourth-order valence-corrected chi connectivity index (χ4v) is 10.6. The summed E-state index contributed by atoms with van der Waals surface area (Å²) in [5.41, 5.74) is 19.3. The lowest BCUT2D eigenvalue weighted by Crippen LogP contribution is -2.34. The number of aromatic nitrogens is 2. The van der Waals surface area contributed by atoms with Crippen LogP contribution in [0.3, 0.4) is 0 Å². The van der Waals surface area contributed by atoms with Gasteiger partial charge in [0.05, 0.1) is 22.2 Å². The maximum absolute atomic E-state index is 4.03. The van der Waals surface area contributed by atoms with E-state index in [4.69, 9.17) is 0 Å². The molecule has 8 aromatic carbocycles. The summed E-state index contributed by atoms with van der Waals surface area (Å²) in [6.45, 7) is 8.74. The van der Waals surface area contributed by atoms with Gasteiger partial charge in [-0.3, -0.25) is 0 Å². The number of rotatable bonds is 7. The third-order valence-corrected chi connectivity index (χ3v) is 13.6. The number of nitrogens with one attached hydrogen (secondary N) is 2. The summed E-state index contributed by atoms with van der Waals surface area (Å²) < 4.78 is 4.87. The minimum atomic E-state index is -0.178. The highest BCUT2D eigenvalue weighted by molar-refractivity contribution is 6.10. The quantitative estimate of drug-likeness (QED) is 0.167. The van der Waals surface area contributed by atoms with Crippen molar-refractivity contribution in [3.8, 4) is 33.6 Å². The summed E-state index contributed by atoms with van der Waals surface area (Å²) >= 11 is 0. The molecule has 3 aliphatic rings. The standard InChI is InChI=1S/C60H45N5.2C2H6/c1-5-17-40(18-6-1)46-38-54-60(61-39-46)65(49-23-11-4-12-24-49)59(62-54)45-34-43(41-29-31-57-52(36-41)50-25-13-15-27-55(50)63(57)47-19-7-2-8-20-47)33-44(35-45)42-30-32-58-53(37-42)51-26-14-16-28-56(51)64(58)48-21-9-3-10-22-48;2*1-2/h1-15,17-27,29-38,59,61-62H,16,28,39H2;2*1-2H3. The monoisotopic (exact) mass is 895 g/mol. The molecule has 5 nitrogen and oxygen atoms in total. The van der Waals surface area contributed by atoms with Gasteiger partial charge in [-0.2, -0.15) is 0 Å². The summed E-state index contributed by atoms with van der Waals surface area (Å²) in [5.74, 6) is 1.09. The van der Waals surface area contributed by atoms with Crippen LogP contribution in [0.15, 0.2) is 224 Å². The van der Waals surface area contributed by atoms with Crippen molar-refractivity contribution in [2.75, 3.05) is 11.4 Å². The van der Waals surface area contributed by atoms with Gasteiger partial charge in [0.2, 0.25) is 0 Å². The number of dihydropyridines is 1. The van der Waals surface area contributed by atoms with Crippen molar-refractivity contribution in [2.24, 2.45) is 0 Å². The number of nitrogens with zero attached hydrogens (tertiary/aromatic N) is 3. The van der Waals surface area contributed by atoms with Gasteiger partial charge in [-0.1, -0.05) is 155 Å². The Bertz CT molecular complexity index is 3560. The molecule has 0 bridgehead atoms. The summed E-state index contributed by atoms with van der Waals surface area (Å²) in [6, 6.07) is 73.2. The zero-order chi connectivity index (χ0) is 46.8. The Morgan fingerprint density at radius 1 is 0.464 bits per heavy atom. The van der Waals surface area contributed by atoms with Gasteiger partial charge < -0.3 is 24.7 Å². The van der Waals surface area contributed by atoms with Gasteiger partial charge in [-0.25, -0.2) is 0 Å². The second-order valence-electron chi connectivity index (χ2n) is 17.4. The van der Waals surface area contributed by atoms with Gasteiger partial charge in [0.15, 0.2) is 0 Å². The normalized spacial score (nSPS) is 14.8. The van der Waals surface area contributed by atoms with E-state index in [1.807, 2.05) is 27.7 Å². The third-order valence-electron chi connectivity index (χ3n) is 13.6. The van der Waals surface area contributed by atoms with E-state index in [1.165, 1.54) is 88.6 Å². The Kier molecular flexibility index (Phi) is 11.8. The molecule has 0 spiro atoms. The van der Waals surface area contributed by atoms with Crippen molar-refractivity contribution in [3.63, 3.8) is 0 Å². The van der Waals surface area contributed by atoms with E-state index >= 15 is 0 Å². The molecule has 69 heavy (non-hydrogen) atoms. The van der Waals surface area contributed by atoms with Crippen LogP contribution in [0.2, 0.25) is 0 Å². The number of benzene rings is 8. The van der Waals surface area contributed by atoms with Gasteiger partial charge in [0.1, 0.15) is 12.0 Å². The first-order chi connectivity index (χ1) is 34.2. The number of anilines is 1. The number of fused-ring (bicyclic) bond motifs is 6. The van der Waals surface area contributed by atoms with Crippen LogP contribution in [0.5, 0.6) is 0 Å². The van der Waals surface area contributed by atoms with Gasteiger partial charge in [-0.15, -0.1) is 0 Å². The molecule has 0 fully saturated rings. The van der Waals surface area contributed by atoms with Crippen LogP contribution in [-0.2, 0) is 6.42 Å². The minimum Gasteiger partial charge on any atom is -0.366 e. The minimum absolute atomic E-state index is 0.178. The molecule has 0 radical (unpaired) electrons. The molecule has 10 aromatic rings. The molecule has 4 heterocycles. The molecule has 1 aliphatic carbocycles. The van der Waals surface area contributed by atoms with Crippen LogP contribution >= 0.6 is 0 Å². The Labute approximate surface area is 406 Å². The molecule has 5 heteroatoms. The Morgan fingerprint density at radius 3 is 1.68 bits per heavy atom. The SMILES string of the molecule is C1=Cc2c(n(-c3ccccc3)c3ccc(-c4cc(-c5ccc6c(c5)c5ccccc5n6-c5ccccc5)cc(C5NC6=C(NCC(c7ccccc7)=C6)N5c5ccccc5)c4)cc23)CC1.CC.CC. The van der Waals surface area contributed by atoms with Gasteiger partial charge >= 0.3 is 0 Å². The summed E-state index contributed by atoms with van der Waals surface area (Å²) in [5, 5.41) is 11.6. The predicted octanol–water partition coefficient (Wildman–Crippen LogP) is 16.0. The van der Waals surface area contributed by atoms with Crippen molar-refractivity contribution >= 4 is 50.0 Å². The molecular formula is C64H57N5. The summed E-state index contributed by atoms with van der Waals surface area (Å²) in [7, 11) is 0. The summed E-state index contributed by atoms with van der Waals surface area (Å²) in [4.78, 5) is 2.44. The van der Waals surface area contributed by atoms with Crippen LogP contribution in [0.25, 0.3) is 78.0 Å². The molecule has 0 saturated carbocycles. The van der Waals surface area contributed by atoms with Gasteiger partial charge in [0, 0.05) is 51.0 Å². The molecule has 0 saturated heterocycles. The molecular weight excluding hydrogens is 839 g/mol. The van der Waals surface area contributed by atoms with E-state index in [1.54, 1.807) is 0 Å². The van der Waals surface area contributed by atoms with E-state index in [2.05, 4.69) is 243 Å². The lowest BCUT2D eigenvalue weighted by Gasteiger charge is -2.31. The first kappa shape index (κ1) is 43.3. The van der Waals surface area contributed by atoms with E-state index in [0.29, 0.717) is 0 Å². The van der Waals surface area contributed by atoms with Crippen LogP contribution in [0.4, 0.5) is 5.69 Å². The first-order valence-corrected chi connectivity index (χ1v) is 24.7. The highest BCUT2D eigenvalue weighted by atomic mass is 15.4. The highest BCUT2D eigenvalue weighted by Crippen LogP contribution is 2.43. The second kappa shape index (κ2) is 18.8. The maximum Gasteiger partial charge on any atom is 0.132 e. The van der Waals surface area contributed by atoms with E-state index in [0.717, 1.165) is 42.3 Å². The van der Waals surface area contributed by atoms with E-state index in [-0.39, 0.29) is 6.17 Å². The highest BCUT2D eigenvalue weighted by Gasteiger charge is 2.35. The molecule has 13 rings (SSSR count). The lowest BCUT2D eigenvalue weighted by atomic mass is 9.93. The number of hydrogen-bond donors (Lipinski definition) is 2. The Hall–Kier alpha value is -8.28. The van der Waals surface area contributed by atoms with E-state index in [9.17, 15) is 0 Å². The molecule has 338 valence electrons. The van der Waals surface area contributed by atoms with Crippen LogP contribution in [0, 0.1) is 0 Å².